The minimum Gasteiger partial charge on any atom is -0.359 e. The standard InChI is InChI=1S/C14H21N3S/c1-17(13-10-6-3-7-11-13)16-14(18)15-12-8-4-2-5-9-12/h3,6-7,10-12H,2,4-5,8-9H2,1H3,(H2,15,16,18). The Balaban J connectivity index is 1.80. The van der Waals surface area contributed by atoms with E-state index in [-0.39, 0.29) is 0 Å². The average Bonchev–Trinajstić information content (AvgIpc) is 2.40. The number of hydrogen-bond donors (Lipinski definition) is 2. The zero-order valence-electron chi connectivity index (χ0n) is 10.9. The van der Waals surface area contributed by atoms with Crippen LogP contribution in [-0.2, 0) is 0 Å². The molecule has 0 unspecified atom stereocenters. The summed E-state index contributed by atoms with van der Waals surface area (Å²) < 4.78 is 0. The molecular formula is C14H21N3S. The average molecular weight is 263 g/mol. The SMILES string of the molecule is CN(NC(=S)NC1CCCCC1)c1ccccc1. The number of benzene rings is 1. The van der Waals surface area contributed by atoms with Gasteiger partial charge in [0.25, 0.3) is 0 Å². The van der Waals surface area contributed by atoms with Crippen LogP contribution in [0.25, 0.3) is 0 Å². The lowest BCUT2D eigenvalue weighted by Crippen LogP contribution is -2.49. The molecule has 0 radical (unpaired) electrons. The van der Waals surface area contributed by atoms with Gasteiger partial charge in [-0.05, 0) is 37.2 Å². The topological polar surface area (TPSA) is 27.3 Å². The number of nitrogens with one attached hydrogen (secondary N) is 2. The summed E-state index contributed by atoms with van der Waals surface area (Å²) in [5.41, 5.74) is 4.30. The number of nitrogens with zero attached hydrogens (tertiary/aromatic N) is 1. The van der Waals surface area contributed by atoms with E-state index in [4.69, 9.17) is 12.2 Å². The van der Waals surface area contributed by atoms with Crippen molar-refractivity contribution >= 4 is 23.0 Å². The summed E-state index contributed by atoms with van der Waals surface area (Å²) in [5.74, 6) is 0. The third-order valence-corrected chi connectivity index (χ3v) is 3.56. The van der Waals surface area contributed by atoms with Crippen LogP contribution in [0.2, 0.25) is 0 Å². The Labute approximate surface area is 115 Å². The highest BCUT2D eigenvalue weighted by Gasteiger charge is 2.14. The highest BCUT2D eigenvalue weighted by Crippen LogP contribution is 2.17. The minimum atomic E-state index is 0.544. The molecular weight excluding hydrogens is 242 g/mol. The molecule has 1 aliphatic carbocycles. The number of hydrogen-bond acceptors (Lipinski definition) is 2. The summed E-state index contributed by atoms with van der Waals surface area (Å²) in [4.78, 5) is 0. The quantitative estimate of drug-likeness (QED) is 0.648. The van der Waals surface area contributed by atoms with E-state index in [2.05, 4.69) is 22.9 Å². The first-order valence-electron chi connectivity index (χ1n) is 6.61. The molecule has 0 spiro atoms. The molecule has 1 aromatic rings. The molecule has 98 valence electrons. The first-order chi connectivity index (χ1) is 8.75. The molecule has 0 amide bonds. The summed E-state index contributed by atoms with van der Waals surface area (Å²) in [6.45, 7) is 0. The molecule has 0 atom stereocenters. The molecule has 0 aromatic heterocycles. The van der Waals surface area contributed by atoms with Crippen LogP contribution in [0.5, 0.6) is 0 Å². The maximum absolute atomic E-state index is 5.35. The third-order valence-electron chi connectivity index (χ3n) is 3.35. The highest BCUT2D eigenvalue weighted by atomic mass is 32.1. The molecule has 1 aromatic carbocycles. The van der Waals surface area contributed by atoms with E-state index in [1.165, 1.54) is 32.1 Å². The van der Waals surface area contributed by atoms with Gasteiger partial charge >= 0.3 is 0 Å². The van der Waals surface area contributed by atoms with E-state index in [0.717, 1.165) is 5.69 Å². The van der Waals surface area contributed by atoms with Crippen molar-refractivity contribution in [2.24, 2.45) is 0 Å². The first-order valence-corrected chi connectivity index (χ1v) is 7.02. The van der Waals surface area contributed by atoms with E-state index in [1.54, 1.807) is 0 Å². The van der Waals surface area contributed by atoms with E-state index >= 15 is 0 Å². The second-order valence-electron chi connectivity index (χ2n) is 4.81. The maximum atomic E-state index is 5.35. The van der Waals surface area contributed by atoms with Crippen molar-refractivity contribution < 1.29 is 0 Å². The van der Waals surface area contributed by atoms with Crippen molar-refractivity contribution in [3.63, 3.8) is 0 Å². The summed E-state index contributed by atoms with van der Waals surface area (Å²) in [6.07, 6.45) is 6.46. The van der Waals surface area contributed by atoms with Gasteiger partial charge in [0.2, 0.25) is 0 Å². The van der Waals surface area contributed by atoms with Gasteiger partial charge in [0.05, 0.1) is 5.69 Å². The normalized spacial score (nSPS) is 16.1. The summed E-state index contributed by atoms with van der Waals surface area (Å²) in [5, 5.41) is 6.06. The summed E-state index contributed by atoms with van der Waals surface area (Å²) in [6, 6.07) is 10.7. The van der Waals surface area contributed by atoms with E-state index in [0.29, 0.717) is 11.2 Å². The zero-order chi connectivity index (χ0) is 12.8. The number of hydrazine groups is 1. The molecule has 2 rings (SSSR count). The van der Waals surface area contributed by atoms with Crippen LogP contribution in [-0.4, -0.2) is 18.2 Å². The lowest BCUT2D eigenvalue weighted by Gasteiger charge is -2.27. The van der Waals surface area contributed by atoms with Crippen LogP contribution >= 0.6 is 12.2 Å². The summed E-state index contributed by atoms with van der Waals surface area (Å²) >= 11 is 5.35. The monoisotopic (exact) mass is 263 g/mol. The Kier molecular flexibility index (Phi) is 4.81. The Bertz CT molecular complexity index is 374. The molecule has 1 fully saturated rings. The van der Waals surface area contributed by atoms with Gasteiger partial charge in [-0.25, -0.2) is 0 Å². The van der Waals surface area contributed by atoms with Crippen molar-refractivity contribution in [3.8, 4) is 0 Å². The molecule has 4 heteroatoms. The Morgan fingerprint density at radius 3 is 2.50 bits per heavy atom. The van der Waals surface area contributed by atoms with Gasteiger partial charge in [-0.1, -0.05) is 37.5 Å². The number of para-hydroxylation sites is 1. The van der Waals surface area contributed by atoms with Gasteiger partial charge in [-0.2, -0.15) is 0 Å². The maximum Gasteiger partial charge on any atom is 0.185 e. The van der Waals surface area contributed by atoms with Crippen LogP contribution in [0.4, 0.5) is 5.69 Å². The zero-order valence-corrected chi connectivity index (χ0v) is 11.7. The Morgan fingerprint density at radius 1 is 1.17 bits per heavy atom. The van der Waals surface area contributed by atoms with Crippen molar-refractivity contribution in [2.75, 3.05) is 12.1 Å². The minimum absolute atomic E-state index is 0.544. The molecule has 0 bridgehead atoms. The largest absolute Gasteiger partial charge is 0.359 e. The fourth-order valence-electron chi connectivity index (χ4n) is 2.33. The van der Waals surface area contributed by atoms with Gasteiger partial charge in [-0.3, -0.25) is 10.4 Å². The van der Waals surface area contributed by atoms with Crippen LogP contribution < -0.4 is 15.8 Å². The highest BCUT2D eigenvalue weighted by molar-refractivity contribution is 7.80. The molecule has 18 heavy (non-hydrogen) atoms. The molecule has 2 N–H and O–H groups in total. The van der Waals surface area contributed by atoms with Crippen LogP contribution in [0.3, 0.4) is 0 Å². The van der Waals surface area contributed by atoms with Crippen LogP contribution in [0.1, 0.15) is 32.1 Å². The van der Waals surface area contributed by atoms with E-state index < -0.39 is 0 Å². The number of anilines is 1. The molecule has 0 aliphatic heterocycles. The lowest BCUT2D eigenvalue weighted by molar-refractivity contribution is 0.412. The predicted molar refractivity (Wildman–Crippen MR) is 80.6 cm³/mol. The van der Waals surface area contributed by atoms with Gasteiger partial charge in [0.1, 0.15) is 0 Å². The van der Waals surface area contributed by atoms with Crippen LogP contribution in [0, 0.1) is 0 Å². The molecule has 3 nitrogen and oxygen atoms in total. The van der Waals surface area contributed by atoms with Crippen molar-refractivity contribution in [1.82, 2.24) is 10.7 Å². The first kappa shape index (κ1) is 13.1. The fourth-order valence-corrected chi connectivity index (χ4v) is 2.64. The number of rotatable bonds is 3. The van der Waals surface area contributed by atoms with Crippen molar-refractivity contribution in [2.45, 2.75) is 38.1 Å². The van der Waals surface area contributed by atoms with Gasteiger partial charge in [-0.15, -0.1) is 0 Å². The third kappa shape index (κ3) is 3.88. The molecule has 1 aliphatic rings. The molecule has 0 heterocycles. The van der Waals surface area contributed by atoms with Crippen molar-refractivity contribution in [3.05, 3.63) is 30.3 Å². The van der Waals surface area contributed by atoms with Gasteiger partial charge < -0.3 is 5.32 Å². The predicted octanol–water partition coefficient (Wildman–Crippen LogP) is 2.83. The lowest BCUT2D eigenvalue weighted by atomic mass is 9.96. The molecule has 1 saturated carbocycles. The summed E-state index contributed by atoms with van der Waals surface area (Å²) in [7, 11) is 1.98. The Morgan fingerprint density at radius 2 is 1.83 bits per heavy atom. The van der Waals surface area contributed by atoms with Crippen molar-refractivity contribution in [1.29, 1.82) is 0 Å². The fraction of sp³-hybridized carbons (Fsp3) is 0.500. The second-order valence-corrected chi connectivity index (χ2v) is 5.22. The van der Waals surface area contributed by atoms with Gasteiger partial charge in [0.15, 0.2) is 5.11 Å². The van der Waals surface area contributed by atoms with Gasteiger partial charge in [0, 0.05) is 13.1 Å². The van der Waals surface area contributed by atoms with E-state index in [1.807, 2.05) is 30.3 Å². The smallest absolute Gasteiger partial charge is 0.185 e. The second kappa shape index (κ2) is 6.59. The van der Waals surface area contributed by atoms with E-state index in [9.17, 15) is 0 Å². The Hall–Kier alpha value is -1.29. The number of thiocarbonyl (C=S) groups is 1. The molecule has 0 saturated heterocycles. The van der Waals surface area contributed by atoms with Crippen LogP contribution in [0.15, 0.2) is 30.3 Å².